The molecule has 46 heavy (non-hydrogen) atoms. The summed E-state index contributed by atoms with van der Waals surface area (Å²) in [6, 6.07) is 29.1. The van der Waals surface area contributed by atoms with Crippen molar-refractivity contribution in [3.05, 3.63) is 84.9 Å². The average Bonchev–Trinajstić information content (AvgIpc) is 3.60. The van der Waals surface area contributed by atoms with Crippen LogP contribution in [0.25, 0.3) is 55.1 Å². The van der Waals surface area contributed by atoms with Crippen LogP contribution in [0.5, 0.6) is 17.5 Å². The van der Waals surface area contributed by atoms with Crippen LogP contribution < -0.4 is 9.47 Å². The molecule has 1 fully saturated rings. The van der Waals surface area contributed by atoms with Gasteiger partial charge in [0.2, 0.25) is 0 Å². The number of hydrogen-bond donors (Lipinski definition) is 1. The van der Waals surface area contributed by atoms with Gasteiger partial charge in [-0.05, 0) is 88.5 Å². The Labute approximate surface area is 270 Å². The van der Waals surface area contributed by atoms with Gasteiger partial charge in [-0.15, -0.1) is 0 Å². The predicted molar refractivity (Wildman–Crippen MR) is 187 cm³/mol. The largest absolute Gasteiger partial charge is 0.507 e. The molecule has 7 rings (SSSR count). The van der Waals surface area contributed by atoms with Crippen LogP contribution in [0.4, 0.5) is 0 Å². The Kier molecular flexibility index (Phi) is 8.69. The number of phenols is 1. The van der Waals surface area contributed by atoms with E-state index in [4.69, 9.17) is 24.4 Å². The number of ether oxygens (including phenoxy) is 2. The van der Waals surface area contributed by atoms with Gasteiger partial charge in [0.05, 0.1) is 12.2 Å². The molecule has 1 N–H and O–H groups in total. The Bertz CT molecular complexity index is 2000. The van der Waals surface area contributed by atoms with E-state index in [1.165, 1.54) is 29.0 Å². The van der Waals surface area contributed by atoms with Gasteiger partial charge in [0, 0.05) is 11.6 Å². The molecular weight excluding hydrogens is 570 g/mol. The van der Waals surface area contributed by atoms with Crippen molar-refractivity contribution in [3.63, 3.8) is 0 Å². The fourth-order valence-corrected chi connectivity index (χ4v) is 6.75. The Hall–Kier alpha value is -4.71. The number of unbranched alkanes of at least 4 members (excludes halogenated alkanes) is 1. The van der Waals surface area contributed by atoms with E-state index < -0.39 is 0 Å². The van der Waals surface area contributed by atoms with E-state index in [0.717, 1.165) is 60.2 Å². The summed E-state index contributed by atoms with van der Waals surface area (Å²) in [5, 5.41) is 18.1. The minimum Gasteiger partial charge on any atom is -0.507 e. The number of rotatable bonds is 11. The second-order valence-corrected chi connectivity index (χ2v) is 12.5. The molecule has 1 atom stereocenters. The van der Waals surface area contributed by atoms with Gasteiger partial charge in [-0.1, -0.05) is 93.8 Å². The standard InChI is InChI=1S/C40H41N3O3/c1-3-5-12-26(4-2)25-45-29-20-22-34(37(44)23-29)38-41-39(43-40(42-38)46-28-14-7-8-15-28)36-24-35-30-16-9-6-13-27(30)19-21-33(35)31-17-10-11-18-32(31)36/h6,9-11,13,16-24,26,28,44H,3-5,7-8,12,14-15,25H2,1-2H3. The summed E-state index contributed by atoms with van der Waals surface area (Å²) in [6.07, 6.45) is 8.90. The lowest BCUT2D eigenvalue weighted by molar-refractivity contribution is 0.192. The monoisotopic (exact) mass is 611 g/mol. The molecular formula is C40H41N3O3. The van der Waals surface area contributed by atoms with Crippen molar-refractivity contribution in [3.8, 4) is 40.3 Å². The summed E-state index contributed by atoms with van der Waals surface area (Å²) in [5.74, 6) is 2.10. The third-order valence-corrected chi connectivity index (χ3v) is 9.44. The highest BCUT2D eigenvalue weighted by Crippen LogP contribution is 2.39. The third-order valence-electron chi connectivity index (χ3n) is 9.44. The van der Waals surface area contributed by atoms with E-state index in [-0.39, 0.29) is 17.9 Å². The van der Waals surface area contributed by atoms with Crippen LogP contribution in [-0.2, 0) is 0 Å². The lowest BCUT2D eigenvalue weighted by Gasteiger charge is -2.17. The Morgan fingerprint density at radius 3 is 2.22 bits per heavy atom. The number of nitrogens with zero attached hydrogens (tertiary/aromatic N) is 3. The molecule has 0 spiro atoms. The molecule has 1 aliphatic rings. The van der Waals surface area contributed by atoms with Crippen LogP contribution in [0.1, 0.15) is 65.2 Å². The molecule has 1 saturated carbocycles. The quantitative estimate of drug-likeness (QED) is 0.147. The predicted octanol–water partition coefficient (Wildman–Crippen LogP) is 10.3. The molecule has 6 aromatic rings. The average molecular weight is 612 g/mol. The zero-order valence-corrected chi connectivity index (χ0v) is 26.7. The number of benzene rings is 5. The summed E-state index contributed by atoms with van der Waals surface area (Å²) in [4.78, 5) is 14.7. The van der Waals surface area contributed by atoms with E-state index in [9.17, 15) is 5.11 Å². The lowest BCUT2D eigenvalue weighted by atomic mass is 9.93. The zero-order valence-electron chi connectivity index (χ0n) is 26.7. The van der Waals surface area contributed by atoms with Gasteiger partial charge >= 0.3 is 6.01 Å². The first kappa shape index (κ1) is 30.0. The second kappa shape index (κ2) is 13.3. The van der Waals surface area contributed by atoms with Gasteiger partial charge < -0.3 is 14.6 Å². The molecule has 1 unspecified atom stereocenters. The minimum absolute atomic E-state index is 0.0671. The Morgan fingerprint density at radius 1 is 0.739 bits per heavy atom. The van der Waals surface area contributed by atoms with Gasteiger partial charge in [-0.3, -0.25) is 0 Å². The van der Waals surface area contributed by atoms with Crippen LogP contribution in [0.3, 0.4) is 0 Å². The van der Waals surface area contributed by atoms with Crippen LogP contribution in [0.2, 0.25) is 0 Å². The molecule has 1 aliphatic carbocycles. The van der Waals surface area contributed by atoms with Crippen molar-refractivity contribution < 1.29 is 14.6 Å². The summed E-state index contributed by atoms with van der Waals surface area (Å²) in [5.41, 5.74) is 1.41. The van der Waals surface area contributed by atoms with Crippen molar-refractivity contribution in [1.29, 1.82) is 0 Å². The number of hydrogen-bond acceptors (Lipinski definition) is 6. The maximum absolute atomic E-state index is 11.3. The Balaban J connectivity index is 1.33. The number of phenolic OH excluding ortho intramolecular Hbond substituents is 1. The van der Waals surface area contributed by atoms with Crippen molar-refractivity contribution in [2.45, 2.75) is 71.3 Å². The van der Waals surface area contributed by atoms with Crippen LogP contribution >= 0.6 is 0 Å². The molecule has 0 radical (unpaired) electrons. The van der Waals surface area contributed by atoms with E-state index >= 15 is 0 Å². The molecule has 6 nitrogen and oxygen atoms in total. The molecule has 1 aromatic heterocycles. The van der Waals surface area contributed by atoms with Gasteiger partial charge in [-0.25, -0.2) is 4.98 Å². The SMILES string of the molecule is CCCCC(CC)COc1ccc(-c2nc(OC3CCCC3)nc(-c3cc4c5ccccc5ccc4c4ccccc34)n2)c(O)c1. The molecule has 6 heteroatoms. The smallest absolute Gasteiger partial charge is 0.320 e. The molecule has 0 aliphatic heterocycles. The number of fused-ring (bicyclic) bond motifs is 5. The van der Waals surface area contributed by atoms with Crippen LogP contribution in [0, 0.1) is 5.92 Å². The van der Waals surface area contributed by atoms with E-state index in [0.29, 0.717) is 35.5 Å². The topological polar surface area (TPSA) is 77.4 Å². The van der Waals surface area contributed by atoms with Crippen LogP contribution in [0.15, 0.2) is 84.9 Å². The van der Waals surface area contributed by atoms with Crippen LogP contribution in [-0.4, -0.2) is 32.8 Å². The molecule has 0 bridgehead atoms. The molecule has 5 aromatic carbocycles. The first-order valence-corrected chi connectivity index (χ1v) is 16.8. The van der Waals surface area contributed by atoms with Crippen molar-refractivity contribution in [2.24, 2.45) is 5.92 Å². The molecule has 1 heterocycles. The van der Waals surface area contributed by atoms with E-state index in [1.54, 1.807) is 6.07 Å². The highest BCUT2D eigenvalue weighted by Gasteiger charge is 2.22. The summed E-state index contributed by atoms with van der Waals surface area (Å²) in [7, 11) is 0. The van der Waals surface area contributed by atoms with Gasteiger partial charge in [0.15, 0.2) is 11.6 Å². The van der Waals surface area contributed by atoms with Gasteiger partial charge in [0.25, 0.3) is 0 Å². The third kappa shape index (κ3) is 6.09. The van der Waals surface area contributed by atoms with E-state index in [1.807, 2.05) is 18.2 Å². The fraction of sp³-hybridized carbons (Fsp3) is 0.325. The summed E-state index contributed by atoms with van der Waals surface area (Å²) >= 11 is 0. The van der Waals surface area contributed by atoms with E-state index in [2.05, 4.69) is 74.5 Å². The highest BCUT2D eigenvalue weighted by atomic mass is 16.5. The zero-order chi connectivity index (χ0) is 31.5. The normalized spacial score (nSPS) is 14.3. The minimum atomic E-state index is 0.0671. The van der Waals surface area contributed by atoms with Gasteiger partial charge in [-0.2, -0.15) is 9.97 Å². The first-order valence-electron chi connectivity index (χ1n) is 16.8. The maximum Gasteiger partial charge on any atom is 0.320 e. The fourth-order valence-electron chi connectivity index (χ4n) is 6.75. The molecule has 0 saturated heterocycles. The lowest BCUT2D eigenvalue weighted by Crippen LogP contribution is -2.14. The first-order chi connectivity index (χ1) is 22.6. The molecule has 0 amide bonds. The Morgan fingerprint density at radius 2 is 1.46 bits per heavy atom. The summed E-state index contributed by atoms with van der Waals surface area (Å²) < 4.78 is 12.5. The maximum atomic E-state index is 11.3. The number of aromatic hydroxyl groups is 1. The van der Waals surface area contributed by atoms with Gasteiger partial charge in [0.1, 0.15) is 17.6 Å². The van der Waals surface area contributed by atoms with Crippen molar-refractivity contribution in [1.82, 2.24) is 15.0 Å². The number of aromatic nitrogens is 3. The van der Waals surface area contributed by atoms with Crippen molar-refractivity contribution >= 4 is 32.3 Å². The summed E-state index contributed by atoms with van der Waals surface area (Å²) in [6.45, 7) is 5.05. The highest BCUT2D eigenvalue weighted by molar-refractivity contribution is 6.20. The second-order valence-electron chi connectivity index (χ2n) is 12.5. The van der Waals surface area contributed by atoms with Crippen molar-refractivity contribution in [2.75, 3.05) is 6.61 Å². The molecule has 234 valence electrons.